The van der Waals surface area contributed by atoms with Crippen molar-refractivity contribution in [1.29, 1.82) is 0 Å². The van der Waals surface area contributed by atoms with Gasteiger partial charge in [0.25, 0.3) is 0 Å². The van der Waals surface area contributed by atoms with Gasteiger partial charge < -0.3 is 20.1 Å². The molecule has 6 nitrogen and oxygen atoms in total. The minimum absolute atomic E-state index is 0.0520. The van der Waals surface area contributed by atoms with Crippen LogP contribution in [0, 0.1) is 0 Å². The molecule has 10 heteroatoms. The Morgan fingerprint density at radius 1 is 1.30 bits per heavy atom. The number of hydrogen-bond donors (Lipinski definition) is 2. The Hall–Kier alpha value is -1.74. The average molecular weight is 355 g/mol. The van der Waals surface area contributed by atoms with Crippen LogP contribution in [0.25, 0.3) is 0 Å². The highest BCUT2D eigenvalue weighted by molar-refractivity contribution is 6.31. The second-order valence-electron chi connectivity index (χ2n) is 4.28. The van der Waals surface area contributed by atoms with E-state index in [1.54, 1.807) is 14.2 Å². The van der Waals surface area contributed by atoms with Gasteiger partial charge in [0.05, 0.1) is 18.7 Å². The fourth-order valence-corrected chi connectivity index (χ4v) is 1.72. The summed E-state index contributed by atoms with van der Waals surface area (Å²) in [6.45, 7) is 1.64. The zero-order chi connectivity index (χ0) is 17.3. The second-order valence-corrected chi connectivity index (χ2v) is 4.68. The highest BCUT2D eigenvalue weighted by Crippen LogP contribution is 2.32. The first-order valence-electron chi connectivity index (χ1n) is 6.67. The summed E-state index contributed by atoms with van der Waals surface area (Å²) in [7, 11) is 3.20. The molecule has 23 heavy (non-hydrogen) atoms. The van der Waals surface area contributed by atoms with Gasteiger partial charge in [-0.15, -0.1) is 0 Å². The van der Waals surface area contributed by atoms with Crippen molar-refractivity contribution < 1.29 is 22.6 Å². The van der Waals surface area contributed by atoms with E-state index in [4.69, 9.17) is 21.1 Å². The maximum Gasteiger partial charge on any atom is 0.417 e. The number of guanidine groups is 1. The minimum atomic E-state index is -4.49. The lowest BCUT2D eigenvalue weighted by Gasteiger charge is -2.13. The summed E-state index contributed by atoms with van der Waals surface area (Å²) in [5.74, 6) is 0.501. The highest BCUT2D eigenvalue weighted by atomic mass is 35.5. The number of nitrogens with zero attached hydrogens (tertiary/aromatic N) is 2. The third-order valence-corrected chi connectivity index (χ3v) is 2.86. The van der Waals surface area contributed by atoms with Gasteiger partial charge in [0, 0.05) is 26.9 Å². The van der Waals surface area contributed by atoms with Gasteiger partial charge in [0.2, 0.25) is 5.88 Å². The van der Waals surface area contributed by atoms with E-state index >= 15 is 0 Å². The Labute approximate surface area is 137 Å². The molecule has 0 atom stereocenters. The Morgan fingerprint density at radius 3 is 2.48 bits per heavy atom. The van der Waals surface area contributed by atoms with Crippen LogP contribution in [-0.2, 0) is 10.9 Å². The summed E-state index contributed by atoms with van der Waals surface area (Å²) in [6, 6.07) is 0.780. The minimum Gasteiger partial charge on any atom is -0.475 e. The number of hydrogen-bond acceptors (Lipinski definition) is 4. The van der Waals surface area contributed by atoms with Crippen LogP contribution < -0.4 is 15.4 Å². The van der Waals surface area contributed by atoms with Crippen molar-refractivity contribution in [2.24, 2.45) is 4.99 Å². The molecule has 1 aromatic heterocycles. The van der Waals surface area contributed by atoms with E-state index in [9.17, 15) is 13.2 Å². The van der Waals surface area contributed by atoms with E-state index in [2.05, 4.69) is 20.6 Å². The molecule has 0 unspecified atom stereocenters. The van der Waals surface area contributed by atoms with E-state index in [1.165, 1.54) is 0 Å². The van der Waals surface area contributed by atoms with Crippen LogP contribution in [0.1, 0.15) is 5.56 Å². The quantitative estimate of drug-likeness (QED) is 0.445. The number of aliphatic imine (C=N–C) groups is 1. The Morgan fingerprint density at radius 2 is 1.96 bits per heavy atom. The molecule has 0 aliphatic carbocycles. The summed E-state index contributed by atoms with van der Waals surface area (Å²) in [6.07, 6.45) is -3.81. The van der Waals surface area contributed by atoms with Crippen LogP contribution in [0.15, 0.2) is 17.3 Å². The van der Waals surface area contributed by atoms with Crippen molar-refractivity contribution in [2.45, 2.75) is 6.18 Å². The molecule has 0 spiro atoms. The highest BCUT2D eigenvalue weighted by Gasteiger charge is 2.31. The van der Waals surface area contributed by atoms with Crippen LogP contribution in [0.4, 0.5) is 13.2 Å². The summed E-state index contributed by atoms with van der Waals surface area (Å²) in [5.41, 5.74) is -0.921. The lowest BCUT2D eigenvalue weighted by atomic mass is 10.3. The van der Waals surface area contributed by atoms with Crippen molar-refractivity contribution in [3.63, 3.8) is 0 Å². The first kappa shape index (κ1) is 19.3. The predicted octanol–water partition coefficient (Wildman–Crippen LogP) is 1.94. The SMILES string of the molecule is CN=C(NCCOC)NCCOc1ncc(C(F)(F)F)cc1Cl. The number of nitrogens with one attached hydrogen (secondary N) is 2. The molecule has 0 aliphatic heterocycles. The lowest BCUT2D eigenvalue weighted by Crippen LogP contribution is -2.40. The third-order valence-electron chi connectivity index (χ3n) is 2.59. The molecular weight excluding hydrogens is 337 g/mol. The zero-order valence-corrected chi connectivity index (χ0v) is 13.5. The van der Waals surface area contributed by atoms with E-state index in [1.807, 2.05) is 0 Å². The monoisotopic (exact) mass is 354 g/mol. The van der Waals surface area contributed by atoms with Gasteiger partial charge in [-0.2, -0.15) is 13.2 Å². The number of pyridine rings is 1. The van der Waals surface area contributed by atoms with E-state index < -0.39 is 11.7 Å². The molecule has 1 heterocycles. The largest absolute Gasteiger partial charge is 0.475 e. The molecular formula is C13H18ClF3N4O2. The Kier molecular flexibility index (Phi) is 7.90. The fraction of sp³-hybridized carbons (Fsp3) is 0.538. The van der Waals surface area contributed by atoms with Gasteiger partial charge in [-0.3, -0.25) is 4.99 Å². The topological polar surface area (TPSA) is 67.8 Å². The van der Waals surface area contributed by atoms with Crippen molar-refractivity contribution >= 4 is 17.6 Å². The predicted molar refractivity (Wildman–Crippen MR) is 81.0 cm³/mol. The second kappa shape index (κ2) is 9.41. The molecule has 1 aromatic rings. The van der Waals surface area contributed by atoms with E-state index in [0.717, 1.165) is 6.07 Å². The molecule has 0 amide bonds. The van der Waals surface area contributed by atoms with Gasteiger partial charge in [0.15, 0.2) is 5.96 Å². The zero-order valence-electron chi connectivity index (χ0n) is 12.7. The number of methoxy groups -OCH3 is 1. The van der Waals surface area contributed by atoms with E-state index in [-0.39, 0.29) is 17.5 Å². The molecule has 130 valence electrons. The van der Waals surface area contributed by atoms with Gasteiger partial charge >= 0.3 is 6.18 Å². The van der Waals surface area contributed by atoms with Crippen molar-refractivity contribution in [3.05, 3.63) is 22.8 Å². The molecule has 0 saturated carbocycles. The summed E-state index contributed by atoms with van der Waals surface area (Å²) in [5, 5.41) is 5.77. The molecule has 0 radical (unpaired) electrons. The molecule has 0 saturated heterocycles. The molecule has 2 N–H and O–H groups in total. The molecule has 0 fully saturated rings. The first-order chi connectivity index (χ1) is 10.9. The molecule has 0 aliphatic rings. The first-order valence-corrected chi connectivity index (χ1v) is 7.05. The molecule has 0 bridgehead atoms. The fourth-order valence-electron chi connectivity index (χ4n) is 1.50. The summed E-state index contributed by atoms with van der Waals surface area (Å²) in [4.78, 5) is 7.56. The lowest BCUT2D eigenvalue weighted by molar-refractivity contribution is -0.137. The number of ether oxygens (including phenoxy) is 2. The van der Waals surface area contributed by atoms with Crippen LogP contribution >= 0.6 is 11.6 Å². The smallest absolute Gasteiger partial charge is 0.417 e. The standard InChI is InChI=1S/C13H18ClF3N4O2/c1-18-12(19-3-5-22-2)20-4-6-23-11-10(14)7-9(8-21-11)13(15,16)17/h7-8H,3-6H2,1-2H3,(H2,18,19,20). The number of halogens is 4. The Bertz CT molecular complexity index is 526. The summed E-state index contributed by atoms with van der Waals surface area (Å²) < 4.78 is 47.6. The van der Waals surface area contributed by atoms with E-state index in [0.29, 0.717) is 31.9 Å². The normalized spacial score (nSPS) is 12.2. The van der Waals surface area contributed by atoms with Crippen LogP contribution in [0.2, 0.25) is 5.02 Å². The Balaban J connectivity index is 2.41. The maximum absolute atomic E-state index is 12.5. The van der Waals surface area contributed by atoms with Crippen LogP contribution in [0.3, 0.4) is 0 Å². The maximum atomic E-state index is 12.5. The van der Waals surface area contributed by atoms with Gasteiger partial charge in [-0.05, 0) is 6.07 Å². The summed E-state index contributed by atoms with van der Waals surface area (Å²) >= 11 is 5.73. The van der Waals surface area contributed by atoms with Gasteiger partial charge in [0.1, 0.15) is 11.6 Å². The molecule has 1 rings (SSSR count). The third kappa shape index (κ3) is 6.91. The van der Waals surface area contributed by atoms with Crippen molar-refractivity contribution in [3.8, 4) is 5.88 Å². The van der Waals surface area contributed by atoms with Crippen molar-refractivity contribution in [1.82, 2.24) is 15.6 Å². The van der Waals surface area contributed by atoms with Crippen LogP contribution in [0.5, 0.6) is 5.88 Å². The average Bonchev–Trinajstić information content (AvgIpc) is 2.50. The van der Waals surface area contributed by atoms with Gasteiger partial charge in [-0.25, -0.2) is 4.98 Å². The number of aromatic nitrogens is 1. The number of rotatable bonds is 7. The van der Waals surface area contributed by atoms with Crippen LogP contribution in [-0.4, -0.2) is 51.4 Å². The molecule has 0 aromatic carbocycles. The number of alkyl halides is 3. The van der Waals surface area contributed by atoms with Gasteiger partial charge in [-0.1, -0.05) is 11.6 Å². The van der Waals surface area contributed by atoms with Crippen molar-refractivity contribution in [2.75, 3.05) is 40.5 Å².